The van der Waals surface area contributed by atoms with Crippen LogP contribution in [0.2, 0.25) is 0 Å². The number of fused-ring (bicyclic) bond motifs is 1. The number of aromatic nitrogens is 1. The summed E-state index contributed by atoms with van der Waals surface area (Å²) in [5.74, 6) is 0. The Morgan fingerprint density at radius 1 is 1.23 bits per heavy atom. The summed E-state index contributed by atoms with van der Waals surface area (Å²) in [7, 11) is 0. The standard InChI is InChI=1S/C10H8BrNO/c11-10(13)8-5-6-12-9-4-2-1-3-7(8)9/h1-6,10,13H. The van der Waals surface area contributed by atoms with E-state index in [0.717, 1.165) is 16.5 Å². The number of hydrogen-bond acceptors (Lipinski definition) is 2. The summed E-state index contributed by atoms with van der Waals surface area (Å²) in [5, 5.41) is 9.77. The lowest BCUT2D eigenvalue weighted by Crippen LogP contribution is -1.90. The van der Waals surface area contributed by atoms with Crippen LogP contribution in [0.4, 0.5) is 0 Å². The Kier molecular flexibility index (Phi) is 2.29. The lowest BCUT2D eigenvalue weighted by Gasteiger charge is -2.06. The monoisotopic (exact) mass is 237 g/mol. The van der Waals surface area contributed by atoms with Gasteiger partial charge in [-0.1, -0.05) is 34.1 Å². The number of benzene rings is 1. The molecule has 13 heavy (non-hydrogen) atoms. The molecule has 1 heterocycles. The maximum absolute atomic E-state index is 9.41. The Morgan fingerprint density at radius 3 is 2.77 bits per heavy atom. The molecule has 0 aliphatic carbocycles. The number of hydrogen-bond donors (Lipinski definition) is 1. The maximum atomic E-state index is 9.41. The number of rotatable bonds is 1. The van der Waals surface area contributed by atoms with Gasteiger partial charge >= 0.3 is 0 Å². The van der Waals surface area contributed by atoms with E-state index in [1.807, 2.05) is 30.3 Å². The molecule has 0 fully saturated rings. The van der Waals surface area contributed by atoms with Gasteiger partial charge in [0.15, 0.2) is 0 Å². The summed E-state index contributed by atoms with van der Waals surface area (Å²) >= 11 is 3.13. The van der Waals surface area contributed by atoms with Gasteiger partial charge in [-0.25, -0.2) is 0 Å². The second-order valence-electron chi connectivity index (χ2n) is 2.75. The van der Waals surface area contributed by atoms with Crippen molar-refractivity contribution in [3.63, 3.8) is 0 Å². The van der Waals surface area contributed by atoms with Gasteiger partial charge in [0.25, 0.3) is 0 Å². The molecule has 1 aromatic heterocycles. The predicted molar refractivity (Wildman–Crippen MR) is 55.6 cm³/mol. The zero-order valence-corrected chi connectivity index (χ0v) is 8.40. The van der Waals surface area contributed by atoms with Crippen molar-refractivity contribution in [1.29, 1.82) is 0 Å². The van der Waals surface area contributed by atoms with Gasteiger partial charge in [-0.2, -0.15) is 0 Å². The molecule has 2 rings (SSSR count). The van der Waals surface area contributed by atoms with Crippen LogP contribution in [0.3, 0.4) is 0 Å². The predicted octanol–water partition coefficient (Wildman–Crippen LogP) is 2.62. The third kappa shape index (κ3) is 1.57. The highest BCUT2D eigenvalue weighted by Crippen LogP contribution is 2.25. The molecule has 0 saturated carbocycles. The van der Waals surface area contributed by atoms with Gasteiger partial charge in [0.05, 0.1) is 5.52 Å². The molecular formula is C10H8BrNO. The molecule has 1 N–H and O–H groups in total. The molecule has 66 valence electrons. The molecule has 1 aromatic carbocycles. The van der Waals surface area contributed by atoms with E-state index in [1.165, 1.54) is 0 Å². The Morgan fingerprint density at radius 2 is 2.00 bits per heavy atom. The molecule has 0 aliphatic rings. The van der Waals surface area contributed by atoms with Gasteiger partial charge in [0.1, 0.15) is 5.01 Å². The third-order valence-electron chi connectivity index (χ3n) is 1.94. The van der Waals surface area contributed by atoms with Crippen LogP contribution in [-0.4, -0.2) is 10.1 Å². The minimum atomic E-state index is -0.625. The fraction of sp³-hybridized carbons (Fsp3) is 0.100. The quantitative estimate of drug-likeness (QED) is 0.774. The van der Waals surface area contributed by atoms with Crippen molar-refractivity contribution in [1.82, 2.24) is 4.98 Å². The molecule has 0 amide bonds. The fourth-order valence-electron chi connectivity index (χ4n) is 1.33. The highest BCUT2D eigenvalue weighted by atomic mass is 79.9. The van der Waals surface area contributed by atoms with Crippen LogP contribution in [-0.2, 0) is 0 Å². The van der Waals surface area contributed by atoms with E-state index in [1.54, 1.807) is 6.20 Å². The first kappa shape index (κ1) is 8.66. The molecule has 0 spiro atoms. The highest BCUT2D eigenvalue weighted by molar-refractivity contribution is 9.09. The second kappa shape index (κ2) is 3.44. The van der Waals surface area contributed by atoms with E-state index in [9.17, 15) is 5.11 Å². The molecule has 0 aliphatic heterocycles. The van der Waals surface area contributed by atoms with Crippen LogP contribution in [0.5, 0.6) is 0 Å². The van der Waals surface area contributed by atoms with Gasteiger partial charge in [-0.3, -0.25) is 4.98 Å². The lowest BCUT2D eigenvalue weighted by molar-refractivity contribution is 0.278. The van der Waals surface area contributed by atoms with Gasteiger partial charge in [0, 0.05) is 17.1 Å². The molecule has 3 heteroatoms. The molecule has 1 unspecified atom stereocenters. The van der Waals surface area contributed by atoms with Crippen molar-refractivity contribution in [2.75, 3.05) is 0 Å². The Labute approximate surface area is 84.4 Å². The van der Waals surface area contributed by atoms with Gasteiger partial charge in [-0.05, 0) is 12.1 Å². The van der Waals surface area contributed by atoms with Crippen LogP contribution in [0.25, 0.3) is 10.9 Å². The Balaban J connectivity index is 2.76. The number of nitrogens with zero attached hydrogens (tertiary/aromatic N) is 1. The number of aliphatic hydroxyl groups excluding tert-OH is 1. The van der Waals surface area contributed by atoms with Crippen LogP contribution >= 0.6 is 15.9 Å². The van der Waals surface area contributed by atoms with Crippen LogP contribution in [0, 0.1) is 0 Å². The largest absolute Gasteiger partial charge is 0.377 e. The average molecular weight is 238 g/mol. The minimum Gasteiger partial charge on any atom is -0.377 e. The van der Waals surface area contributed by atoms with Crippen LogP contribution < -0.4 is 0 Å². The van der Waals surface area contributed by atoms with Crippen molar-refractivity contribution in [3.05, 3.63) is 42.1 Å². The summed E-state index contributed by atoms with van der Waals surface area (Å²) in [4.78, 5) is 4.19. The minimum absolute atomic E-state index is 0.625. The zero-order chi connectivity index (χ0) is 9.26. The second-order valence-corrected chi connectivity index (χ2v) is 3.62. The van der Waals surface area contributed by atoms with E-state index >= 15 is 0 Å². The summed E-state index contributed by atoms with van der Waals surface area (Å²) in [6, 6.07) is 9.54. The van der Waals surface area contributed by atoms with E-state index in [2.05, 4.69) is 20.9 Å². The van der Waals surface area contributed by atoms with Crippen molar-refractivity contribution in [2.24, 2.45) is 0 Å². The first-order chi connectivity index (χ1) is 6.29. The number of alkyl halides is 1. The molecular weight excluding hydrogens is 230 g/mol. The van der Waals surface area contributed by atoms with Gasteiger partial charge in [-0.15, -0.1) is 0 Å². The maximum Gasteiger partial charge on any atom is 0.134 e. The van der Waals surface area contributed by atoms with Gasteiger partial charge < -0.3 is 5.11 Å². The summed E-state index contributed by atoms with van der Waals surface area (Å²) < 4.78 is 0. The summed E-state index contributed by atoms with van der Waals surface area (Å²) in [5.41, 5.74) is 1.75. The van der Waals surface area contributed by atoms with Crippen LogP contribution in [0.1, 0.15) is 10.6 Å². The Hall–Kier alpha value is -0.930. The van der Waals surface area contributed by atoms with E-state index in [0.29, 0.717) is 0 Å². The topological polar surface area (TPSA) is 33.1 Å². The van der Waals surface area contributed by atoms with Crippen molar-refractivity contribution in [2.45, 2.75) is 5.01 Å². The van der Waals surface area contributed by atoms with Crippen molar-refractivity contribution in [3.8, 4) is 0 Å². The number of para-hydroxylation sites is 1. The van der Waals surface area contributed by atoms with E-state index in [-0.39, 0.29) is 0 Å². The normalized spacial score (nSPS) is 13.1. The van der Waals surface area contributed by atoms with Gasteiger partial charge in [0.2, 0.25) is 0 Å². The molecule has 1 atom stereocenters. The van der Waals surface area contributed by atoms with Crippen molar-refractivity contribution < 1.29 is 5.11 Å². The average Bonchev–Trinajstić information content (AvgIpc) is 2.17. The molecule has 0 saturated heterocycles. The number of halogens is 1. The molecule has 2 aromatic rings. The first-order valence-electron chi connectivity index (χ1n) is 3.95. The summed E-state index contributed by atoms with van der Waals surface area (Å²) in [6.45, 7) is 0. The molecule has 0 bridgehead atoms. The smallest absolute Gasteiger partial charge is 0.134 e. The molecule has 0 radical (unpaired) electrons. The number of aliphatic hydroxyl groups is 1. The molecule has 2 nitrogen and oxygen atoms in total. The lowest BCUT2D eigenvalue weighted by atomic mass is 10.1. The SMILES string of the molecule is OC(Br)c1ccnc2ccccc12. The fourth-order valence-corrected chi connectivity index (χ4v) is 1.72. The highest BCUT2D eigenvalue weighted by Gasteiger charge is 2.06. The third-order valence-corrected chi connectivity index (χ3v) is 2.43. The first-order valence-corrected chi connectivity index (χ1v) is 4.86. The van der Waals surface area contributed by atoms with E-state index < -0.39 is 5.01 Å². The zero-order valence-electron chi connectivity index (χ0n) is 6.81. The van der Waals surface area contributed by atoms with Crippen molar-refractivity contribution >= 4 is 26.8 Å². The number of pyridine rings is 1. The summed E-state index contributed by atoms with van der Waals surface area (Å²) in [6.07, 6.45) is 1.70. The Bertz CT molecular complexity index is 423. The van der Waals surface area contributed by atoms with Crippen LogP contribution in [0.15, 0.2) is 36.5 Å². The van der Waals surface area contributed by atoms with E-state index in [4.69, 9.17) is 0 Å².